The molecule has 1 fully saturated rings. The van der Waals surface area contributed by atoms with Crippen molar-refractivity contribution in [2.24, 2.45) is 16.9 Å². The molecule has 5 nitrogen and oxygen atoms in total. The fourth-order valence-corrected chi connectivity index (χ4v) is 2.48. The van der Waals surface area contributed by atoms with Crippen LogP contribution in [0.25, 0.3) is 0 Å². The Labute approximate surface area is 102 Å². The molecule has 17 heavy (non-hydrogen) atoms. The molecule has 1 aliphatic rings. The van der Waals surface area contributed by atoms with Crippen molar-refractivity contribution >= 4 is 11.8 Å². The average molecular weight is 241 g/mol. The molecule has 0 aromatic heterocycles. The summed E-state index contributed by atoms with van der Waals surface area (Å²) < 4.78 is 0. The van der Waals surface area contributed by atoms with Crippen molar-refractivity contribution in [3.8, 4) is 0 Å². The molecule has 1 aliphatic carbocycles. The molecule has 0 aliphatic heterocycles. The summed E-state index contributed by atoms with van der Waals surface area (Å²) in [5.74, 6) is -0.420. The Balaban J connectivity index is 2.57. The van der Waals surface area contributed by atoms with E-state index in [2.05, 4.69) is 5.32 Å². The zero-order valence-electron chi connectivity index (χ0n) is 10.5. The first kappa shape index (κ1) is 14.0. The lowest BCUT2D eigenvalue weighted by Crippen LogP contribution is -2.50. The van der Waals surface area contributed by atoms with Crippen LogP contribution in [0.3, 0.4) is 0 Å². The van der Waals surface area contributed by atoms with Gasteiger partial charge in [-0.3, -0.25) is 9.59 Å². The van der Waals surface area contributed by atoms with Gasteiger partial charge in [0.1, 0.15) is 0 Å². The van der Waals surface area contributed by atoms with Crippen molar-refractivity contribution in [1.29, 1.82) is 0 Å². The number of hydrogen-bond acceptors (Lipinski definition) is 3. The number of primary amides is 1. The Kier molecular flexibility index (Phi) is 4.93. The smallest absolute Gasteiger partial charge is 0.227 e. The van der Waals surface area contributed by atoms with Crippen LogP contribution >= 0.6 is 0 Å². The highest BCUT2D eigenvalue weighted by Gasteiger charge is 2.38. The molecule has 0 heterocycles. The van der Waals surface area contributed by atoms with Gasteiger partial charge in [0, 0.05) is 19.0 Å². The van der Waals surface area contributed by atoms with Gasteiger partial charge in [0.25, 0.3) is 0 Å². The minimum absolute atomic E-state index is 0.0200. The Bertz CT molecular complexity index is 285. The van der Waals surface area contributed by atoms with Crippen LogP contribution in [0.4, 0.5) is 0 Å². The second-order valence-corrected chi connectivity index (χ2v) is 5.09. The van der Waals surface area contributed by atoms with E-state index in [0.29, 0.717) is 6.54 Å². The van der Waals surface area contributed by atoms with Crippen LogP contribution < -0.4 is 16.8 Å². The molecule has 5 heteroatoms. The molecular formula is C12H23N3O2. The molecule has 2 amide bonds. The van der Waals surface area contributed by atoms with E-state index in [0.717, 1.165) is 25.7 Å². The highest BCUT2D eigenvalue weighted by atomic mass is 16.2. The second kappa shape index (κ2) is 6.00. The largest absolute Gasteiger partial charge is 0.370 e. The molecule has 1 rings (SSSR count). The summed E-state index contributed by atoms with van der Waals surface area (Å²) in [6, 6.07) is -0.217. The van der Waals surface area contributed by atoms with Crippen LogP contribution in [-0.2, 0) is 9.59 Å². The highest BCUT2D eigenvalue weighted by molar-refractivity contribution is 5.84. The topological polar surface area (TPSA) is 98.2 Å². The summed E-state index contributed by atoms with van der Waals surface area (Å²) in [5, 5.41) is 2.85. The summed E-state index contributed by atoms with van der Waals surface area (Å²) in [5.41, 5.74) is 10.4. The maximum Gasteiger partial charge on any atom is 0.227 e. The van der Waals surface area contributed by atoms with Gasteiger partial charge in [-0.2, -0.15) is 0 Å². The molecule has 0 aromatic rings. The fraction of sp³-hybridized carbons (Fsp3) is 0.833. The molecule has 0 saturated heterocycles. The third kappa shape index (κ3) is 3.70. The van der Waals surface area contributed by atoms with E-state index in [-0.39, 0.29) is 18.4 Å². The maximum atomic E-state index is 12.2. The summed E-state index contributed by atoms with van der Waals surface area (Å²) >= 11 is 0. The predicted molar refractivity (Wildman–Crippen MR) is 66.0 cm³/mol. The Morgan fingerprint density at radius 2 is 1.88 bits per heavy atom. The Hall–Kier alpha value is -1.10. The third-order valence-corrected chi connectivity index (χ3v) is 3.57. The van der Waals surface area contributed by atoms with E-state index in [1.807, 2.05) is 0 Å². The monoisotopic (exact) mass is 241 g/mol. The number of hydrogen-bond donors (Lipinski definition) is 3. The first-order valence-electron chi connectivity index (χ1n) is 6.29. The number of carbonyl (C=O) groups excluding carboxylic acids is 2. The average Bonchev–Trinajstić information content (AvgIpc) is 2.28. The van der Waals surface area contributed by atoms with Crippen LogP contribution in [-0.4, -0.2) is 24.4 Å². The van der Waals surface area contributed by atoms with Gasteiger partial charge >= 0.3 is 0 Å². The molecule has 0 bridgehead atoms. The predicted octanol–water partition coefficient (Wildman–Crippen LogP) is 0.276. The number of carbonyl (C=O) groups is 2. The molecule has 1 atom stereocenters. The van der Waals surface area contributed by atoms with E-state index in [4.69, 9.17) is 11.5 Å². The van der Waals surface area contributed by atoms with Gasteiger partial charge in [-0.1, -0.05) is 19.3 Å². The molecule has 98 valence electrons. The number of rotatable bonds is 5. The van der Waals surface area contributed by atoms with E-state index >= 15 is 0 Å². The first-order chi connectivity index (χ1) is 8.00. The van der Waals surface area contributed by atoms with Gasteiger partial charge in [0.15, 0.2) is 0 Å². The fourth-order valence-electron chi connectivity index (χ4n) is 2.48. The normalized spacial score (nSPS) is 20.6. The zero-order valence-corrected chi connectivity index (χ0v) is 10.5. The molecule has 5 N–H and O–H groups in total. The SMILES string of the molecule is CC(CC(N)=O)NC(=O)C1(CN)CCCCC1. The van der Waals surface area contributed by atoms with Gasteiger partial charge in [0.2, 0.25) is 11.8 Å². The number of nitrogens with one attached hydrogen (secondary N) is 1. The van der Waals surface area contributed by atoms with Gasteiger partial charge in [0.05, 0.1) is 5.41 Å². The van der Waals surface area contributed by atoms with E-state index < -0.39 is 11.3 Å². The van der Waals surface area contributed by atoms with Gasteiger partial charge < -0.3 is 16.8 Å². The zero-order chi connectivity index (χ0) is 12.9. The van der Waals surface area contributed by atoms with Gasteiger partial charge in [-0.25, -0.2) is 0 Å². The van der Waals surface area contributed by atoms with Crippen LogP contribution in [0.15, 0.2) is 0 Å². The number of amides is 2. The molecule has 1 unspecified atom stereocenters. The Morgan fingerprint density at radius 3 is 2.35 bits per heavy atom. The minimum atomic E-state index is -0.426. The van der Waals surface area contributed by atoms with Crippen molar-refractivity contribution in [2.45, 2.75) is 51.5 Å². The second-order valence-electron chi connectivity index (χ2n) is 5.09. The highest BCUT2D eigenvalue weighted by Crippen LogP contribution is 2.35. The van der Waals surface area contributed by atoms with E-state index in [9.17, 15) is 9.59 Å². The minimum Gasteiger partial charge on any atom is -0.370 e. The summed E-state index contributed by atoms with van der Waals surface area (Å²) in [6.45, 7) is 2.16. The van der Waals surface area contributed by atoms with Crippen LogP contribution in [0.5, 0.6) is 0 Å². The lowest BCUT2D eigenvalue weighted by atomic mass is 9.73. The summed E-state index contributed by atoms with van der Waals surface area (Å²) in [4.78, 5) is 23.0. The lowest BCUT2D eigenvalue weighted by molar-refractivity contribution is -0.133. The van der Waals surface area contributed by atoms with Crippen molar-refractivity contribution in [3.05, 3.63) is 0 Å². The lowest BCUT2D eigenvalue weighted by Gasteiger charge is -2.35. The quantitative estimate of drug-likeness (QED) is 0.644. The molecule has 0 aromatic carbocycles. The standard InChI is InChI=1S/C12H23N3O2/c1-9(7-10(14)16)15-11(17)12(8-13)5-3-2-4-6-12/h9H,2-8,13H2,1H3,(H2,14,16)(H,15,17). The van der Waals surface area contributed by atoms with Crippen LogP contribution in [0, 0.1) is 5.41 Å². The molecule has 0 radical (unpaired) electrons. The van der Waals surface area contributed by atoms with Gasteiger partial charge in [-0.05, 0) is 19.8 Å². The van der Waals surface area contributed by atoms with Crippen molar-refractivity contribution in [3.63, 3.8) is 0 Å². The van der Waals surface area contributed by atoms with Crippen molar-refractivity contribution in [1.82, 2.24) is 5.32 Å². The summed E-state index contributed by atoms with van der Waals surface area (Å²) in [7, 11) is 0. The van der Waals surface area contributed by atoms with Crippen molar-refractivity contribution in [2.75, 3.05) is 6.54 Å². The third-order valence-electron chi connectivity index (χ3n) is 3.57. The maximum absolute atomic E-state index is 12.2. The first-order valence-corrected chi connectivity index (χ1v) is 6.29. The molecular weight excluding hydrogens is 218 g/mol. The van der Waals surface area contributed by atoms with Crippen LogP contribution in [0.2, 0.25) is 0 Å². The van der Waals surface area contributed by atoms with Crippen molar-refractivity contribution < 1.29 is 9.59 Å². The summed E-state index contributed by atoms with van der Waals surface area (Å²) in [6.07, 6.45) is 5.14. The molecule has 0 spiro atoms. The Morgan fingerprint density at radius 1 is 1.29 bits per heavy atom. The van der Waals surface area contributed by atoms with Crippen LogP contribution in [0.1, 0.15) is 45.4 Å². The number of nitrogens with two attached hydrogens (primary N) is 2. The van der Waals surface area contributed by atoms with Gasteiger partial charge in [-0.15, -0.1) is 0 Å². The molecule has 1 saturated carbocycles. The van der Waals surface area contributed by atoms with E-state index in [1.165, 1.54) is 6.42 Å². The van der Waals surface area contributed by atoms with E-state index in [1.54, 1.807) is 6.92 Å².